The van der Waals surface area contributed by atoms with Crippen LogP contribution in [0.5, 0.6) is 11.5 Å². The zero-order valence-electron chi connectivity index (χ0n) is 19.7. The Morgan fingerprint density at radius 1 is 0.833 bits per heavy atom. The summed E-state index contributed by atoms with van der Waals surface area (Å²) in [4.78, 5) is 44.0. The van der Waals surface area contributed by atoms with Gasteiger partial charge in [0.25, 0.3) is 0 Å². The van der Waals surface area contributed by atoms with Crippen LogP contribution >= 0.6 is 0 Å². The molecule has 0 bridgehead atoms. The first-order valence-corrected chi connectivity index (χ1v) is 12.0. The monoisotopic (exact) mass is 477 g/mol. The largest absolute Gasteiger partial charge is 0.497 e. The van der Waals surface area contributed by atoms with Crippen molar-refractivity contribution in [1.82, 2.24) is 0 Å². The number of esters is 1. The number of carbonyl (C=O) groups excluding carboxylic acids is 3. The molecule has 3 aliphatic rings. The zero-order valence-corrected chi connectivity index (χ0v) is 19.7. The highest BCUT2D eigenvalue weighted by Gasteiger charge is 2.48. The molecule has 0 amide bonds. The Hall–Kier alpha value is -4.32. The van der Waals surface area contributed by atoms with E-state index in [2.05, 4.69) is 0 Å². The van der Waals surface area contributed by atoms with E-state index in [-0.39, 0.29) is 11.6 Å². The van der Waals surface area contributed by atoms with Gasteiger partial charge in [-0.1, -0.05) is 36.4 Å². The SMILES string of the molecule is COc1ccc(C(=O)Oc2ccc([C@@H]3C4=C(CCCC4=O)N=C4c5ccccc5C(=O)[C@H]43)cc2)cc1. The average Bonchev–Trinajstić information content (AvgIpc) is 3.20. The van der Waals surface area contributed by atoms with Crippen molar-refractivity contribution in [2.24, 2.45) is 10.9 Å². The van der Waals surface area contributed by atoms with E-state index >= 15 is 0 Å². The Bertz CT molecular complexity index is 1460. The van der Waals surface area contributed by atoms with E-state index in [0.717, 1.165) is 35.4 Å². The van der Waals surface area contributed by atoms with Crippen molar-refractivity contribution in [2.45, 2.75) is 25.2 Å². The van der Waals surface area contributed by atoms with E-state index in [1.807, 2.05) is 36.4 Å². The molecule has 0 aromatic heterocycles. The number of hydrogen-bond donors (Lipinski definition) is 0. The van der Waals surface area contributed by atoms with Crippen LogP contribution < -0.4 is 9.47 Å². The lowest BCUT2D eigenvalue weighted by atomic mass is 9.71. The predicted molar refractivity (Wildman–Crippen MR) is 134 cm³/mol. The third-order valence-corrected chi connectivity index (χ3v) is 7.15. The number of hydrogen-bond acceptors (Lipinski definition) is 6. The number of allylic oxidation sites excluding steroid dienone is 2. The molecule has 0 radical (unpaired) electrons. The molecule has 0 N–H and O–H groups in total. The molecule has 178 valence electrons. The summed E-state index contributed by atoms with van der Waals surface area (Å²) in [6.45, 7) is 0. The standard InChI is InChI=1S/C30H23NO5/c1-35-19-13-11-18(12-14-19)30(34)36-20-15-9-17(10-16-20)25-26-23(7-4-8-24(26)32)31-28-21-5-2-3-6-22(21)29(33)27(25)28/h2-3,5-6,9-16,25,27H,4,7-8H2,1H3/t25-,27+/m1/s1. The highest BCUT2D eigenvalue weighted by atomic mass is 16.5. The summed E-state index contributed by atoms with van der Waals surface area (Å²) in [5, 5.41) is 0. The van der Waals surface area contributed by atoms with E-state index in [9.17, 15) is 14.4 Å². The first-order valence-electron chi connectivity index (χ1n) is 12.0. The maximum atomic E-state index is 13.5. The lowest BCUT2D eigenvalue weighted by Gasteiger charge is -2.33. The van der Waals surface area contributed by atoms with Crippen LogP contribution in [0, 0.1) is 5.92 Å². The highest BCUT2D eigenvalue weighted by Crippen LogP contribution is 2.48. The second-order valence-electron chi connectivity index (χ2n) is 9.19. The Balaban J connectivity index is 1.33. The Morgan fingerprint density at radius 3 is 2.25 bits per heavy atom. The van der Waals surface area contributed by atoms with Crippen LogP contribution in [-0.4, -0.2) is 30.4 Å². The van der Waals surface area contributed by atoms with Gasteiger partial charge in [0.05, 0.1) is 24.3 Å². The zero-order chi connectivity index (χ0) is 24.8. The number of methoxy groups -OCH3 is 1. The summed E-state index contributed by atoms with van der Waals surface area (Å²) in [5.74, 6) is -0.332. The fourth-order valence-corrected chi connectivity index (χ4v) is 5.44. The van der Waals surface area contributed by atoms with Crippen LogP contribution in [0.15, 0.2) is 89.1 Å². The third-order valence-electron chi connectivity index (χ3n) is 7.15. The molecule has 3 aromatic carbocycles. The van der Waals surface area contributed by atoms with Gasteiger partial charge >= 0.3 is 5.97 Å². The van der Waals surface area contributed by atoms with Gasteiger partial charge in [-0.15, -0.1) is 0 Å². The molecule has 6 nitrogen and oxygen atoms in total. The summed E-state index contributed by atoms with van der Waals surface area (Å²) in [6.07, 6.45) is 1.95. The maximum Gasteiger partial charge on any atom is 0.343 e. The van der Waals surface area contributed by atoms with Gasteiger partial charge in [0.1, 0.15) is 11.5 Å². The molecule has 0 fully saturated rings. The van der Waals surface area contributed by atoms with E-state index in [1.54, 1.807) is 43.5 Å². The summed E-state index contributed by atoms with van der Waals surface area (Å²) < 4.78 is 10.7. The number of ether oxygens (including phenoxy) is 2. The number of carbonyl (C=O) groups is 3. The highest BCUT2D eigenvalue weighted by molar-refractivity contribution is 6.30. The Labute approximate surface area is 208 Å². The quantitative estimate of drug-likeness (QED) is 0.375. The summed E-state index contributed by atoms with van der Waals surface area (Å²) in [6, 6.07) is 21.3. The molecule has 3 aromatic rings. The van der Waals surface area contributed by atoms with Crippen LogP contribution in [0.2, 0.25) is 0 Å². The van der Waals surface area contributed by atoms with Crippen LogP contribution in [0.4, 0.5) is 0 Å². The predicted octanol–water partition coefficient (Wildman–Crippen LogP) is 5.32. The minimum Gasteiger partial charge on any atom is -0.497 e. The van der Waals surface area contributed by atoms with E-state index in [4.69, 9.17) is 14.5 Å². The second-order valence-corrected chi connectivity index (χ2v) is 9.19. The number of aliphatic imine (C=N–C) groups is 1. The topological polar surface area (TPSA) is 82.0 Å². The second kappa shape index (κ2) is 8.72. The summed E-state index contributed by atoms with van der Waals surface area (Å²) >= 11 is 0. The maximum absolute atomic E-state index is 13.5. The number of fused-ring (bicyclic) bond motifs is 3. The summed E-state index contributed by atoms with van der Waals surface area (Å²) in [7, 11) is 1.56. The molecular weight excluding hydrogens is 454 g/mol. The van der Waals surface area contributed by atoms with Gasteiger partial charge in [-0.05, 0) is 54.8 Å². The molecule has 0 saturated carbocycles. The van der Waals surface area contributed by atoms with Gasteiger partial charge in [0.15, 0.2) is 11.6 Å². The molecule has 0 spiro atoms. The lowest BCUT2D eigenvalue weighted by Crippen LogP contribution is -2.33. The number of nitrogens with zero attached hydrogens (tertiary/aromatic N) is 1. The van der Waals surface area contributed by atoms with Crippen LogP contribution in [0.1, 0.15) is 57.0 Å². The third kappa shape index (κ3) is 3.57. The van der Waals surface area contributed by atoms with Crippen LogP contribution in [-0.2, 0) is 4.79 Å². The van der Waals surface area contributed by atoms with Gasteiger partial charge in [-0.3, -0.25) is 14.6 Å². The fraction of sp³-hybridized carbons (Fsp3) is 0.200. The molecule has 2 atom stereocenters. The smallest absolute Gasteiger partial charge is 0.343 e. The first-order chi connectivity index (χ1) is 17.5. The molecule has 1 heterocycles. The fourth-order valence-electron chi connectivity index (χ4n) is 5.44. The molecule has 6 heteroatoms. The molecule has 6 rings (SSSR count). The number of Topliss-reactive ketones (excluding diaryl/α,β-unsaturated/α-hetero) is 2. The molecule has 2 aliphatic carbocycles. The van der Waals surface area contributed by atoms with Gasteiger partial charge in [-0.25, -0.2) is 4.79 Å². The molecule has 1 aliphatic heterocycles. The van der Waals surface area contributed by atoms with Crippen LogP contribution in [0.3, 0.4) is 0 Å². The molecular formula is C30H23NO5. The van der Waals surface area contributed by atoms with Crippen molar-refractivity contribution in [3.05, 3.63) is 106 Å². The molecule has 0 unspecified atom stereocenters. The number of rotatable bonds is 4. The van der Waals surface area contributed by atoms with Gasteiger partial charge in [0, 0.05) is 34.7 Å². The lowest BCUT2D eigenvalue weighted by molar-refractivity contribution is -0.116. The minimum atomic E-state index is -0.532. The van der Waals surface area contributed by atoms with Crippen molar-refractivity contribution in [1.29, 1.82) is 0 Å². The molecule has 0 saturated heterocycles. The summed E-state index contributed by atoms with van der Waals surface area (Å²) in [5.41, 5.74) is 4.95. The van der Waals surface area contributed by atoms with Crippen molar-refractivity contribution >= 4 is 23.2 Å². The Kier molecular flexibility index (Phi) is 5.37. The average molecular weight is 478 g/mol. The number of benzene rings is 3. The van der Waals surface area contributed by atoms with Gasteiger partial charge < -0.3 is 9.47 Å². The van der Waals surface area contributed by atoms with Crippen LogP contribution in [0.25, 0.3) is 0 Å². The van der Waals surface area contributed by atoms with Crippen molar-refractivity contribution in [3.8, 4) is 11.5 Å². The van der Waals surface area contributed by atoms with Crippen molar-refractivity contribution in [2.75, 3.05) is 7.11 Å². The first kappa shape index (κ1) is 22.2. The minimum absolute atomic E-state index is 0.00529. The van der Waals surface area contributed by atoms with E-state index in [1.165, 1.54) is 0 Å². The van der Waals surface area contributed by atoms with E-state index < -0.39 is 17.8 Å². The van der Waals surface area contributed by atoms with Gasteiger partial charge in [0.2, 0.25) is 0 Å². The van der Waals surface area contributed by atoms with Gasteiger partial charge in [-0.2, -0.15) is 0 Å². The van der Waals surface area contributed by atoms with Crippen molar-refractivity contribution < 1.29 is 23.9 Å². The van der Waals surface area contributed by atoms with E-state index in [0.29, 0.717) is 34.6 Å². The van der Waals surface area contributed by atoms with Crippen molar-refractivity contribution in [3.63, 3.8) is 0 Å². The normalized spacial score (nSPS) is 20.3. The molecule has 36 heavy (non-hydrogen) atoms. The number of ketones is 2. The Morgan fingerprint density at radius 2 is 1.53 bits per heavy atom.